The molecule has 0 bridgehead atoms. The van der Waals surface area contributed by atoms with Crippen LogP contribution in [0.5, 0.6) is 0 Å². The smallest absolute Gasteiger partial charge is 0.239 e. The van der Waals surface area contributed by atoms with E-state index in [0.29, 0.717) is 6.54 Å². The first-order valence-electron chi connectivity index (χ1n) is 7.35. The van der Waals surface area contributed by atoms with E-state index in [-0.39, 0.29) is 17.9 Å². The summed E-state index contributed by atoms with van der Waals surface area (Å²) in [5.41, 5.74) is -0.263. The monoisotopic (exact) mass is 269 g/mol. The topological polar surface area (TPSA) is 64.6 Å². The first-order chi connectivity index (χ1) is 9.00. The second-order valence-electron chi connectivity index (χ2n) is 6.45. The number of amides is 1. The average Bonchev–Trinajstić information content (AvgIpc) is 3.17. The minimum absolute atomic E-state index is 0.110. The van der Waals surface area contributed by atoms with Crippen molar-refractivity contribution in [3.05, 3.63) is 0 Å². The van der Waals surface area contributed by atoms with E-state index in [1.807, 2.05) is 13.8 Å². The van der Waals surface area contributed by atoms with E-state index < -0.39 is 5.54 Å². The Hall–Kier alpha value is -0.650. The van der Waals surface area contributed by atoms with Crippen molar-refractivity contribution in [3.63, 3.8) is 0 Å². The second-order valence-corrected chi connectivity index (χ2v) is 6.45. The summed E-state index contributed by atoms with van der Waals surface area (Å²) < 4.78 is 0. The normalized spacial score (nSPS) is 23.1. The number of piperazine rings is 1. The van der Waals surface area contributed by atoms with E-state index >= 15 is 0 Å². The molecule has 1 aliphatic carbocycles. The van der Waals surface area contributed by atoms with Gasteiger partial charge in [-0.05, 0) is 38.5 Å². The van der Waals surface area contributed by atoms with E-state index in [0.717, 1.165) is 45.4 Å². The Labute approximate surface area is 115 Å². The largest absolute Gasteiger partial charge is 0.396 e. The van der Waals surface area contributed by atoms with E-state index in [9.17, 15) is 4.79 Å². The number of hydrogen-bond donors (Lipinski definition) is 3. The zero-order valence-electron chi connectivity index (χ0n) is 12.2. The van der Waals surface area contributed by atoms with Crippen LogP contribution in [0.1, 0.15) is 33.1 Å². The fourth-order valence-electron chi connectivity index (χ4n) is 2.78. The summed E-state index contributed by atoms with van der Waals surface area (Å²) in [7, 11) is 0. The third-order valence-electron chi connectivity index (χ3n) is 4.69. The van der Waals surface area contributed by atoms with Gasteiger partial charge >= 0.3 is 0 Å². The molecule has 1 aliphatic heterocycles. The van der Waals surface area contributed by atoms with Gasteiger partial charge in [-0.3, -0.25) is 9.69 Å². The maximum Gasteiger partial charge on any atom is 0.239 e. The molecular weight excluding hydrogens is 242 g/mol. The second kappa shape index (κ2) is 5.77. The van der Waals surface area contributed by atoms with Gasteiger partial charge in [0.1, 0.15) is 0 Å². The Morgan fingerprint density at radius 3 is 2.53 bits per heavy atom. The highest BCUT2D eigenvalue weighted by molar-refractivity contribution is 5.85. The highest BCUT2D eigenvalue weighted by atomic mass is 16.3. The molecule has 0 aromatic rings. The first kappa shape index (κ1) is 14.8. The summed E-state index contributed by atoms with van der Waals surface area (Å²) >= 11 is 0. The maximum atomic E-state index is 12.4. The van der Waals surface area contributed by atoms with Crippen LogP contribution in [0.4, 0.5) is 0 Å². The Kier molecular flexibility index (Phi) is 4.48. The summed E-state index contributed by atoms with van der Waals surface area (Å²) in [6.45, 7) is 8.66. The molecule has 2 fully saturated rings. The average molecular weight is 269 g/mol. The molecule has 3 N–H and O–H groups in total. The highest BCUT2D eigenvalue weighted by Crippen LogP contribution is 2.47. The Morgan fingerprint density at radius 1 is 1.37 bits per heavy atom. The van der Waals surface area contributed by atoms with Crippen LogP contribution in [0.2, 0.25) is 0 Å². The standard InChI is InChI=1S/C14H27N3O2/c1-13(2,17-8-6-15-7-9-17)12(19)16-11-14(3-4-14)5-10-18/h15,18H,3-11H2,1-2H3,(H,16,19). The maximum absolute atomic E-state index is 12.4. The first-order valence-corrected chi connectivity index (χ1v) is 7.35. The molecular formula is C14H27N3O2. The van der Waals surface area contributed by atoms with Gasteiger partial charge in [-0.15, -0.1) is 0 Å². The van der Waals surface area contributed by atoms with Gasteiger partial charge in [-0.25, -0.2) is 0 Å². The number of nitrogens with one attached hydrogen (secondary N) is 2. The van der Waals surface area contributed by atoms with Crippen LogP contribution in [-0.2, 0) is 4.79 Å². The molecule has 5 heteroatoms. The van der Waals surface area contributed by atoms with Gasteiger partial charge in [0.25, 0.3) is 0 Å². The minimum Gasteiger partial charge on any atom is -0.396 e. The van der Waals surface area contributed by atoms with Gasteiger partial charge in [0.15, 0.2) is 0 Å². The molecule has 19 heavy (non-hydrogen) atoms. The van der Waals surface area contributed by atoms with E-state index in [1.165, 1.54) is 0 Å². The molecule has 0 spiro atoms. The predicted octanol–water partition coefficient (Wildman–Crippen LogP) is -0.0510. The molecule has 0 unspecified atom stereocenters. The van der Waals surface area contributed by atoms with Crippen molar-refractivity contribution in [3.8, 4) is 0 Å². The number of aliphatic hydroxyl groups is 1. The van der Waals surface area contributed by atoms with Gasteiger partial charge < -0.3 is 15.7 Å². The quantitative estimate of drug-likeness (QED) is 0.632. The van der Waals surface area contributed by atoms with Gasteiger partial charge in [0, 0.05) is 39.3 Å². The van der Waals surface area contributed by atoms with Crippen molar-refractivity contribution in [1.29, 1.82) is 0 Å². The minimum atomic E-state index is -0.447. The lowest BCUT2D eigenvalue weighted by atomic mass is 9.98. The number of carbonyl (C=O) groups excluding carboxylic acids is 1. The lowest BCUT2D eigenvalue weighted by molar-refractivity contribution is -0.132. The molecule has 0 atom stereocenters. The van der Waals surface area contributed by atoms with Crippen LogP contribution in [-0.4, -0.2) is 60.8 Å². The van der Waals surface area contributed by atoms with Gasteiger partial charge in [-0.1, -0.05) is 0 Å². The Balaban J connectivity index is 1.84. The molecule has 1 saturated heterocycles. The van der Waals surface area contributed by atoms with Crippen molar-refractivity contribution in [2.75, 3.05) is 39.3 Å². The Bertz CT molecular complexity index is 321. The number of nitrogens with zero attached hydrogens (tertiary/aromatic N) is 1. The molecule has 1 amide bonds. The highest BCUT2D eigenvalue weighted by Gasteiger charge is 2.43. The van der Waals surface area contributed by atoms with Crippen LogP contribution < -0.4 is 10.6 Å². The zero-order chi connectivity index (χ0) is 13.9. The summed E-state index contributed by atoms with van der Waals surface area (Å²) in [5, 5.41) is 15.4. The molecule has 110 valence electrons. The molecule has 5 nitrogen and oxygen atoms in total. The number of aliphatic hydroxyl groups excluding tert-OH is 1. The lowest BCUT2D eigenvalue weighted by Crippen LogP contribution is -2.60. The van der Waals surface area contributed by atoms with Crippen molar-refractivity contribution < 1.29 is 9.90 Å². The number of carbonyl (C=O) groups is 1. The summed E-state index contributed by atoms with van der Waals surface area (Å²) in [6, 6.07) is 0. The fourth-order valence-corrected chi connectivity index (χ4v) is 2.78. The third-order valence-corrected chi connectivity index (χ3v) is 4.69. The third kappa shape index (κ3) is 3.46. The molecule has 1 heterocycles. The molecule has 1 saturated carbocycles. The molecule has 2 aliphatic rings. The van der Waals surface area contributed by atoms with Gasteiger partial charge in [0.2, 0.25) is 5.91 Å². The summed E-state index contributed by atoms with van der Waals surface area (Å²) in [5.74, 6) is 0.110. The van der Waals surface area contributed by atoms with Gasteiger partial charge in [-0.2, -0.15) is 0 Å². The van der Waals surface area contributed by atoms with E-state index in [1.54, 1.807) is 0 Å². The van der Waals surface area contributed by atoms with Crippen LogP contribution in [0.15, 0.2) is 0 Å². The van der Waals surface area contributed by atoms with Crippen molar-refractivity contribution in [1.82, 2.24) is 15.5 Å². The number of hydrogen-bond acceptors (Lipinski definition) is 4. The van der Waals surface area contributed by atoms with Crippen molar-refractivity contribution in [2.24, 2.45) is 5.41 Å². The fraction of sp³-hybridized carbons (Fsp3) is 0.929. The van der Waals surface area contributed by atoms with Gasteiger partial charge in [0.05, 0.1) is 5.54 Å². The zero-order valence-corrected chi connectivity index (χ0v) is 12.2. The van der Waals surface area contributed by atoms with E-state index in [4.69, 9.17) is 5.11 Å². The van der Waals surface area contributed by atoms with E-state index in [2.05, 4.69) is 15.5 Å². The molecule has 0 aromatic carbocycles. The van der Waals surface area contributed by atoms with Crippen LogP contribution in [0, 0.1) is 5.41 Å². The SMILES string of the molecule is CC(C)(C(=O)NCC1(CCO)CC1)N1CCNCC1. The molecule has 2 rings (SSSR count). The predicted molar refractivity (Wildman–Crippen MR) is 74.9 cm³/mol. The summed E-state index contributed by atoms with van der Waals surface area (Å²) in [4.78, 5) is 14.6. The summed E-state index contributed by atoms with van der Waals surface area (Å²) in [6.07, 6.45) is 3.06. The molecule has 0 radical (unpaired) electrons. The van der Waals surface area contributed by atoms with Crippen LogP contribution >= 0.6 is 0 Å². The van der Waals surface area contributed by atoms with Crippen LogP contribution in [0.25, 0.3) is 0 Å². The Morgan fingerprint density at radius 2 is 2.00 bits per heavy atom. The molecule has 0 aromatic heterocycles. The van der Waals surface area contributed by atoms with Crippen molar-refractivity contribution >= 4 is 5.91 Å². The van der Waals surface area contributed by atoms with Crippen LogP contribution in [0.3, 0.4) is 0 Å². The number of rotatable bonds is 6. The van der Waals surface area contributed by atoms with Crippen molar-refractivity contribution in [2.45, 2.75) is 38.6 Å². The lowest BCUT2D eigenvalue weighted by Gasteiger charge is -2.40.